The van der Waals surface area contributed by atoms with Crippen LogP contribution in [0.1, 0.15) is 38.5 Å². The van der Waals surface area contributed by atoms with Crippen LogP contribution in [-0.2, 0) is 4.74 Å². The summed E-state index contributed by atoms with van der Waals surface area (Å²) in [6.45, 7) is 3.82. The van der Waals surface area contributed by atoms with Crippen LogP contribution in [0.5, 0.6) is 0 Å². The molecule has 1 aliphatic heterocycles. The monoisotopic (exact) mass is 181 g/mol. The maximum atomic E-state index is 11.0. The average Bonchev–Trinajstić information content (AvgIpc) is 2.29. The van der Waals surface area contributed by atoms with Gasteiger partial charge < -0.3 is 10.1 Å². The molecule has 13 heavy (non-hydrogen) atoms. The van der Waals surface area contributed by atoms with E-state index in [0.29, 0.717) is 5.76 Å². The highest BCUT2D eigenvalue weighted by molar-refractivity contribution is 5.74. The van der Waals surface area contributed by atoms with E-state index in [1.54, 1.807) is 0 Å². The molecule has 0 aromatic rings. The van der Waals surface area contributed by atoms with Crippen LogP contribution in [0.2, 0.25) is 0 Å². The Balaban J connectivity index is 2.17. The van der Waals surface area contributed by atoms with Gasteiger partial charge >= 0.3 is 6.09 Å². The van der Waals surface area contributed by atoms with Gasteiger partial charge in [-0.25, -0.2) is 4.79 Å². The molecule has 1 N–H and O–H groups in total. The van der Waals surface area contributed by atoms with Gasteiger partial charge in [-0.3, -0.25) is 0 Å². The lowest BCUT2D eigenvalue weighted by Crippen LogP contribution is -2.41. The zero-order valence-electron chi connectivity index (χ0n) is 7.77. The van der Waals surface area contributed by atoms with Crippen molar-refractivity contribution < 1.29 is 9.53 Å². The zero-order chi connectivity index (χ0) is 9.31. The molecule has 0 aromatic heterocycles. The van der Waals surface area contributed by atoms with Gasteiger partial charge in [0.2, 0.25) is 0 Å². The number of hydrogen-bond acceptors (Lipinski definition) is 2. The Hall–Kier alpha value is -0.990. The molecule has 1 saturated carbocycles. The molecule has 2 aliphatic rings. The summed E-state index contributed by atoms with van der Waals surface area (Å²) in [7, 11) is 0. The number of carbonyl (C=O) groups excluding carboxylic acids is 1. The maximum absolute atomic E-state index is 11.0. The molecule has 1 heterocycles. The van der Waals surface area contributed by atoms with Gasteiger partial charge in [0.1, 0.15) is 11.3 Å². The van der Waals surface area contributed by atoms with Crippen LogP contribution in [0.4, 0.5) is 4.79 Å². The Kier molecular flexibility index (Phi) is 2.02. The molecular formula is C10H15NO2. The van der Waals surface area contributed by atoms with Crippen molar-refractivity contribution in [3.05, 3.63) is 12.3 Å². The summed E-state index contributed by atoms with van der Waals surface area (Å²) >= 11 is 0. The lowest BCUT2D eigenvalue weighted by atomic mass is 9.89. The van der Waals surface area contributed by atoms with Gasteiger partial charge in [0.25, 0.3) is 0 Å². The smallest absolute Gasteiger partial charge is 0.413 e. The molecule has 1 spiro atoms. The molecule has 0 aromatic carbocycles. The third-order valence-corrected chi connectivity index (χ3v) is 3.05. The average molecular weight is 181 g/mol. The molecule has 3 nitrogen and oxygen atoms in total. The van der Waals surface area contributed by atoms with E-state index in [1.807, 2.05) is 0 Å². The fourth-order valence-electron chi connectivity index (χ4n) is 2.24. The predicted octanol–water partition coefficient (Wildman–Crippen LogP) is 2.33. The first-order valence-electron chi connectivity index (χ1n) is 4.92. The summed E-state index contributed by atoms with van der Waals surface area (Å²) in [5.74, 6) is 0.624. The van der Waals surface area contributed by atoms with Crippen LogP contribution in [0.3, 0.4) is 0 Å². The van der Waals surface area contributed by atoms with Gasteiger partial charge in [-0.05, 0) is 12.8 Å². The van der Waals surface area contributed by atoms with E-state index >= 15 is 0 Å². The Labute approximate surface area is 78.1 Å². The van der Waals surface area contributed by atoms with E-state index in [0.717, 1.165) is 25.7 Å². The van der Waals surface area contributed by atoms with Gasteiger partial charge in [-0.15, -0.1) is 0 Å². The summed E-state index contributed by atoms with van der Waals surface area (Å²) in [5.41, 5.74) is -0.229. The van der Waals surface area contributed by atoms with Crippen molar-refractivity contribution in [2.45, 2.75) is 44.1 Å². The SMILES string of the molecule is C=C1OC(=O)NC12CCCCCC2. The first-order valence-corrected chi connectivity index (χ1v) is 4.92. The molecule has 0 unspecified atom stereocenters. The minimum absolute atomic E-state index is 0.229. The molecular weight excluding hydrogens is 166 g/mol. The number of carbonyl (C=O) groups is 1. The highest BCUT2D eigenvalue weighted by Crippen LogP contribution is 2.36. The zero-order valence-corrected chi connectivity index (χ0v) is 7.77. The molecule has 0 atom stereocenters. The van der Waals surface area contributed by atoms with Crippen LogP contribution in [0, 0.1) is 0 Å². The lowest BCUT2D eigenvalue weighted by molar-refractivity contribution is 0.195. The molecule has 2 fully saturated rings. The molecule has 72 valence electrons. The predicted molar refractivity (Wildman–Crippen MR) is 49.2 cm³/mol. The number of hydrogen-bond donors (Lipinski definition) is 1. The molecule has 0 radical (unpaired) electrons. The van der Waals surface area contributed by atoms with Gasteiger partial charge in [0.15, 0.2) is 0 Å². The van der Waals surface area contributed by atoms with Crippen molar-refractivity contribution >= 4 is 6.09 Å². The summed E-state index contributed by atoms with van der Waals surface area (Å²) in [6.07, 6.45) is 6.46. The van der Waals surface area contributed by atoms with Gasteiger partial charge in [-0.2, -0.15) is 0 Å². The van der Waals surface area contributed by atoms with E-state index in [4.69, 9.17) is 4.74 Å². The van der Waals surface area contributed by atoms with Crippen LogP contribution in [0.25, 0.3) is 0 Å². The number of amides is 1. The van der Waals surface area contributed by atoms with E-state index in [1.165, 1.54) is 12.8 Å². The molecule has 0 bridgehead atoms. The maximum Gasteiger partial charge on any atom is 0.413 e. The van der Waals surface area contributed by atoms with E-state index in [2.05, 4.69) is 11.9 Å². The standard InChI is InChI=1S/C10H15NO2/c1-8-10(11-9(12)13-8)6-4-2-3-5-7-10/h1-7H2,(H,11,12). The summed E-state index contributed by atoms with van der Waals surface area (Å²) in [6, 6.07) is 0. The second kappa shape index (κ2) is 3.05. The highest BCUT2D eigenvalue weighted by atomic mass is 16.6. The molecule has 1 amide bonds. The van der Waals surface area contributed by atoms with E-state index < -0.39 is 0 Å². The number of alkyl carbamates (subject to hydrolysis) is 1. The quantitative estimate of drug-likeness (QED) is 0.623. The van der Waals surface area contributed by atoms with Crippen LogP contribution < -0.4 is 5.32 Å². The fourth-order valence-corrected chi connectivity index (χ4v) is 2.24. The lowest BCUT2D eigenvalue weighted by Gasteiger charge is -2.25. The number of nitrogens with one attached hydrogen (secondary N) is 1. The van der Waals surface area contributed by atoms with Gasteiger partial charge in [-0.1, -0.05) is 32.3 Å². The van der Waals surface area contributed by atoms with Gasteiger partial charge in [0.05, 0.1) is 0 Å². The summed E-state index contributed by atoms with van der Waals surface area (Å²) in [5, 5.41) is 2.90. The second-order valence-corrected chi connectivity index (χ2v) is 3.93. The molecule has 1 aliphatic carbocycles. The minimum atomic E-state index is -0.327. The Morgan fingerprint density at radius 2 is 1.85 bits per heavy atom. The van der Waals surface area contributed by atoms with Crippen molar-refractivity contribution in [2.24, 2.45) is 0 Å². The minimum Gasteiger partial charge on any atom is -0.413 e. The van der Waals surface area contributed by atoms with E-state index in [-0.39, 0.29) is 11.6 Å². The fraction of sp³-hybridized carbons (Fsp3) is 0.700. The molecule has 3 heteroatoms. The van der Waals surface area contributed by atoms with Crippen LogP contribution >= 0.6 is 0 Å². The third-order valence-electron chi connectivity index (χ3n) is 3.05. The first-order chi connectivity index (χ1) is 6.23. The highest BCUT2D eigenvalue weighted by Gasteiger charge is 2.43. The van der Waals surface area contributed by atoms with Crippen molar-refractivity contribution in [2.75, 3.05) is 0 Å². The van der Waals surface area contributed by atoms with Gasteiger partial charge in [0, 0.05) is 0 Å². The van der Waals surface area contributed by atoms with Crippen LogP contribution in [-0.4, -0.2) is 11.6 Å². The van der Waals surface area contributed by atoms with Crippen molar-refractivity contribution in [3.8, 4) is 0 Å². The summed E-state index contributed by atoms with van der Waals surface area (Å²) in [4.78, 5) is 11.0. The van der Waals surface area contributed by atoms with Crippen LogP contribution in [0.15, 0.2) is 12.3 Å². The number of rotatable bonds is 0. The normalized spacial score (nSPS) is 26.8. The van der Waals surface area contributed by atoms with Crippen molar-refractivity contribution in [1.29, 1.82) is 0 Å². The number of ether oxygens (including phenoxy) is 1. The second-order valence-electron chi connectivity index (χ2n) is 3.93. The topological polar surface area (TPSA) is 38.3 Å². The van der Waals surface area contributed by atoms with Crippen molar-refractivity contribution in [3.63, 3.8) is 0 Å². The molecule has 1 saturated heterocycles. The Bertz CT molecular complexity index is 239. The summed E-state index contributed by atoms with van der Waals surface area (Å²) < 4.78 is 4.97. The van der Waals surface area contributed by atoms with Crippen molar-refractivity contribution in [1.82, 2.24) is 5.32 Å². The first kappa shape index (κ1) is 8.60. The largest absolute Gasteiger partial charge is 0.413 e. The third kappa shape index (κ3) is 1.43. The Morgan fingerprint density at radius 3 is 2.31 bits per heavy atom. The van der Waals surface area contributed by atoms with E-state index in [9.17, 15) is 4.79 Å². The Morgan fingerprint density at radius 1 is 1.23 bits per heavy atom. The number of cyclic esters (lactones) is 1. The molecule has 2 rings (SSSR count).